The van der Waals surface area contributed by atoms with Crippen LogP contribution in [0.4, 0.5) is 5.82 Å². The predicted molar refractivity (Wildman–Crippen MR) is 141 cm³/mol. The van der Waals surface area contributed by atoms with Gasteiger partial charge in [-0.05, 0) is 31.1 Å². The molecule has 1 amide bonds. The fourth-order valence-electron chi connectivity index (χ4n) is 3.63. The number of ether oxygens (including phenoxy) is 1. The average Bonchev–Trinajstić information content (AvgIpc) is 3.08. The van der Waals surface area contributed by atoms with Crippen LogP contribution in [0.3, 0.4) is 0 Å². The van der Waals surface area contributed by atoms with Crippen LogP contribution in [0.15, 0.2) is 28.0 Å². The van der Waals surface area contributed by atoms with Gasteiger partial charge in [-0.15, -0.1) is 0 Å². The van der Waals surface area contributed by atoms with Crippen molar-refractivity contribution in [3.63, 3.8) is 0 Å². The summed E-state index contributed by atoms with van der Waals surface area (Å²) in [4.78, 5) is 33.1. The molecule has 0 unspecified atom stereocenters. The van der Waals surface area contributed by atoms with Crippen LogP contribution in [0.1, 0.15) is 50.2 Å². The number of pyridine rings is 1. The number of rotatable bonds is 13. The fraction of sp³-hybridized carbons (Fsp3) is 0.500. The minimum Gasteiger partial charge on any atom is -0.394 e. The number of aryl methyl sites for hydroxylation is 1. The van der Waals surface area contributed by atoms with E-state index in [1.165, 1.54) is 29.0 Å². The quantitative estimate of drug-likeness (QED) is 0.243. The van der Waals surface area contributed by atoms with Crippen LogP contribution in [-0.2, 0) is 9.53 Å². The van der Waals surface area contributed by atoms with Gasteiger partial charge >= 0.3 is 0 Å². The lowest BCUT2D eigenvalue weighted by atomic mass is 10.1. The fourth-order valence-corrected chi connectivity index (χ4v) is 4.92. The van der Waals surface area contributed by atoms with E-state index in [2.05, 4.69) is 17.2 Å². The summed E-state index contributed by atoms with van der Waals surface area (Å²) >= 11 is 6.68. The average molecular weight is 505 g/mol. The Morgan fingerprint density at radius 3 is 2.76 bits per heavy atom. The maximum absolute atomic E-state index is 13.4. The zero-order chi connectivity index (χ0) is 24.5. The summed E-state index contributed by atoms with van der Waals surface area (Å²) in [5.41, 5.74) is 1.46. The standard InChI is InChI=1S/C24H32N4O4S2/c1-3-4-5-6-7-11-27-23(31)19(34-24(27)33)15-18-21(25-10-13-32-14-12-29)26-20-9-8-17(2)16-28(20)22(18)30/h8-9,15-16,25,29H,3-7,10-14H2,1-2H3/b19-15+. The van der Waals surface area contributed by atoms with E-state index in [1.807, 2.05) is 13.0 Å². The Morgan fingerprint density at radius 1 is 1.21 bits per heavy atom. The van der Waals surface area contributed by atoms with Crippen LogP contribution in [0.25, 0.3) is 11.7 Å². The van der Waals surface area contributed by atoms with Crippen molar-refractivity contribution in [3.05, 3.63) is 44.7 Å². The first-order valence-electron chi connectivity index (χ1n) is 11.7. The molecule has 10 heteroatoms. The van der Waals surface area contributed by atoms with Gasteiger partial charge in [-0.25, -0.2) is 4.98 Å². The molecule has 1 aliphatic heterocycles. The van der Waals surface area contributed by atoms with Crippen molar-refractivity contribution < 1.29 is 14.6 Å². The lowest BCUT2D eigenvalue weighted by Crippen LogP contribution is -2.29. The summed E-state index contributed by atoms with van der Waals surface area (Å²) in [6.45, 7) is 5.59. The number of hydrogen-bond acceptors (Lipinski definition) is 8. The molecular weight excluding hydrogens is 472 g/mol. The first-order valence-corrected chi connectivity index (χ1v) is 12.9. The van der Waals surface area contributed by atoms with Gasteiger partial charge in [-0.1, -0.05) is 62.7 Å². The second-order valence-electron chi connectivity index (χ2n) is 8.12. The van der Waals surface area contributed by atoms with E-state index in [0.29, 0.717) is 46.0 Å². The number of amides is 1. The van der Waals surface area contributed by atoms with E-state index in [-0.39, 0.29) is 24.7 Å². The SMILES string of the molecule is CCCCCCCN1C(=O)/C(=C\c2c(NCCOCCO)nc3ccc(C)cn3c2=O)SC1=S. The van der Waals surface area contributed by atoms with E-state index >= 15 is 0 Å². The Balaban J connectivity index is 1.87. The Hall–Kier alpha value is -2.27. The number of anilines is 1. The second-order valence-corrected chi connectivity index (χ2v) is 9.80. The summed E-state index contributed by atoms with van der Waals surface area (Å²) < 4.78 is 7.30. The number of carbonyl (C=O) groups excluding carboxylic acids is 1. The molecule has 2 aromatic rings. The highest BCUT2D eigenvalue weighted by molar-refractivity contribution is 8.26. The number of nitrogens with one attached hydrogen (secondary N) is 1. The van der Waals surface area contributed by atoms with Crippen LogP contribution >= 0.6 is 24.0 Å². The molecule has 0 atom stereocenters. The van der Waals surface area contributed by atoms with Crippen LogP contribution in [-0.4, -0.2) is 62.5 Å². The van der Waals surface area contributed by atoms with Crippen LogP contribution < -0.4 is 10.9 Å². The molecule has 3 rings (SSSR count). The highest BCUT2D eigenvalue weighted by Crippen LogP contribution is 2.33. The Morgan fingerprint density at radius 2 is 2.00 bits per heavy atom. The molecule has 0 radical (unpaired) electrons. The second kappa shape index (κ2) is 13.0. The number of nitrogens with zero attached hydrogens (tertiary/aromatic N) is 3. The van der Waals surface area contributed by atoms with Gasteiger partial charge < -0.3 is 15.2 Å². The van der Waals surface area contributed by atoms with E-state index in [1.54, 1.807) is 23.2 Å². The first-order chi connectivity index (χ1) is 16.5. The third-order valence-electron chi connectivity index (χ3n) is 5.41. The van der Waals surface area contributed by atoms with E-state index in [4.69, 9.17) is 22.1 Å². The summed E-state index contributed by atoms with van der Waals surface area (Å²) in [6.07, 6.45) is 8.80. The molecule has 0 saturated carbocycles. The van der Waals surface area contributed by atoms with Crippen molar-refractivity contribution in [1.82, 2.24) is 14.3 Å². The monoisotopic (exact) mass is 504 g/mol. The first kappa shape index (κ1) is 26.3. The maximum Gasteiger partial charge on any atom is 0.267 e. The highest BCUT2D eigenvalue weighted by atomic mass is 32.2. The highest BCUT2D eigenvalue weighted by Gasteiger charge is 2.32. The third-order valence-corrected chi connectivity index (χ3v) is 6.79. The molecule has 34 heavy (non-hydrogen) atoms. The van der Waals surface area contributed by atoms with Crippen molar-refractivity contribution in [2.75, 3.05) is 38.2 Å². The zero-order valence-electron chi connectivity index (χ0n) is 19.7. The molecule has 184 valence electrons. The Labute approximate surface area is 209 Å². The molecule has 0 aliphatic carbocycles. The third kappa shape index (κ3) is 6.65. The lowest BCUT2D eigenvalue weighted by Gasteiger charge is -2.14. The molecule has 0 spiro atoms. The molecule has 2 aromatic heterocycles. The molecule has 8 nitrogen and oxygen atoms in total. The van der Waals surface area contributed by atoms with E-state index < -0.39 is 0 Å². The van der Waals surface area contributed by atoms with Crippen molar-refractivity contribution >= 4 is 51.7 Å². The van der Waals surface area contributed by atoms with Crippen molar-refractivity contribution in [2.24, 2.45) is 0 Å². The minimum absolute atomic E-state index is 0.0549. The number of carbonyl (C=O) groups is 1. The van der Waals surface area contributed by atoms with E-state index in [0.717, 1.165) is 24.8 Å². The molecular formula is C24H32N4O4S2. The lowest BCUT2D eigenvalue weighted by molar-refractivity contribution is -0.122. The number of aliphatic hydroxyl groups excluding tert-OH is 1. The van der Waals surface area contributed by atoms with Crippen LogP contribution in [0.2, 0.25) is 0 Å². The van der Waals surface area contributed by atoms with Crippen molar-refractivity contribution in [2.45, 2.75) is 46.0 Å². The van der Waals surface area contributed by atoms with E-state index in [9.17, 15) is 9.59 Å². The summed E-state index contributed by atoms with van der Waals surface area (Å²) in [5.74, 6) is 0.211. The normalized spacial score (nSPS) is 15.1. The van der Waals surface area contributed by atoms with Gasteiger partial charge in [0.15, 0.2) is 0 Å². The van der Waals surface area contributed by atoms with Gasteiger partial charge in [0.05, 0.1) is 30.3 Å². The van der Waals surface area contributed by atoms with Crippen molar-refractivity contribution in [3.8, 4) is 0 Å². The number of thiocarbonyl (C=S) groups is 1. The Kier molecular flexibility index (Phi) is 10.1. The molecule has 1 aliphatic rings. The smallest absolute Gasteiger partial charge is 0.267 e. The largest absolute Gasteiger partial charge is 0.394 e. The summed E-state index contributed by atoms with van der Waals surface area (Å²) in [5, 5.41) is 12.0. The Bertz CT molecular complexity index is 1120. The number of unbranched alkanes of at least 4 members (excludes halogenated alkanes) is 4. The zero-order valence-corrected chi connectivity index (χ0v) is 21.3. The number of thioether (sulfide) groups is 1. The van der Waals surface area contributed by atoms with Gasteiger partial charge in [0.2, 0.25) is 0 Å². The van der Waals surface area contributed by atoms with Gasteiger partial charge in [-0.3, -0.25) is 18.9 Å². The molecule has 1 saturated heterocycles. The maximum atomic E-state index is 13.4. The molecule has 1 fully saturated rings. The molecule has 0 aromatic carbocycles. The minimum atomic E-state index is -0.266. The molecule has 3 heterocycles. The van der Waals surface area contributed by atoms with Gasteiger partial charge in [-0.2, -0.15) is 0 Å². The van der Waals surface area contributed by atoms with Gasteiger partial charge in [0.1, 0.15) is 15.8 Å². The van der Waals surface area contributed by atoms with Gasteiger partial charge in [0.25, 0.3) is 11.5 Å². The predicted octanol–water partition coefficient (Wildman–Crippen LogP) is 3.60. The van der Waals surface area contributed by atoms with Crippen LogP contribution in [0, 0.1) is 6.92 Å². The number of aliphatic hydroxyl groups is 1. The summed E-state index contributed by atoms with van der Waals surface area (Å²) in [6, 6.07) is 3.67. The number of fused-ring (bicyclic) bond motifs is 1. The number of hydrogen-bond donors (Lipinski definition) is 2. The van der Waals surface area contributed by atoms with Gasteiger partial charge in [0, 0.05) is 19.3 Å². The summed E-state index contributed by atoms with van der Waals surface area (Å²) in [7, 11) is 0. The molecule has 2 N–H and O–H groups in total. The molecule has 0 bridgehead atoms. The van der Waals surface area contributed by atoms with Crippen molar-refractivity contribution in [1.29, 1.82) is 0 Å². The number of aromatic nitrogens is 2. The topological polar surface area (TPSA) is 96.2 Å². The van der Waals surface area contributed by atoms with Crippen LogP contribution in [0.5, 0.6) is 0 Å².